The number of nitrogen functional groups attached to an aromatic ring is 1. The number of hydrogen-bond acceptors (Lipinski definition) is 7. The zero-order chi connectivity index (χ0) is 23.5. The molecule has 1 aliphatic carbocycles. The molecule has 11 heteroatoms. The first-order valence-corrected chi connectivity index (χ1v) is 10.7. The van der Waals surface area contributed by atoms with E-state index in [9.17, 15) is 23.4 Å². The van der Waals surface area contributed by atoms with E-state index in [1.54, 1.807) is 0 Å². The average molecular weight is 463 g/mol. The van der Waals surface area contributed by atoms with Gasteiger partial charge in [0.15, 0.2) is 5.82 Å². The van der Waals surface area contributed by atoms with Gasteiger partial charge in [-0.15, -0.1) is 0 Å². The summed E-state index contributed by atoms with van der Waals surface area (Å²) < 4.78 is 50.2. The van der Waals surface area contributed by atoms with Crippen molar-refractivity contribution in [2.24, 2.45) is 0 Å². The summed E-state index contributed by atoms with van der Waals surface area (Å²) in [5.74, 6) is -3.50. The van der Waals surface area contributed by atoms with E-state index in [1.165, 1.54) is 23.0 Å². The number of aliphatic hydroxyl groups is 2. The van der Waals surface area contributed by atoms with Gasteiger partial charge in [0.1, 0.15) is 41.9 Å². The van der Waals surface area contributed by atoms with E-state index < -0.39 is 36.1 Å². The molecule has 1 aromatic carbocycles. The molecule has 2 aliphatic rings. The molecule has 1 aliphatic heterocycles. The highest BCUT2D eigenvalue weighted by atomic mass is 19.3. The van der Waals surface area contributed by atoms with Crippen molar-refractivity contribution in [3.05, 3.63) is 47.2 Å². The standard InChI is InChI=1S/C22H24F3N5O3/c1-22(24,25)11-4-10-2-3-27-7-12(10)15(5-11)33-16-6-14(18(31)19(16)32)30-8-13(23)17-20(26)28-9-29-21(17)30/h4-5,8-9,14,16,18-19,27,31-32H,2-3,6-7H2,1H3,(H2,26,28,29)/t14-,16+,18+,19-/m1/s1. The maximum atomic E-state index is 14.5. The van der Waals surface area contributed by atoms with Crippen LogP contribution in [0.25, 0.3) is 11.0 Å². The normalized spacial score (nSPS) is 25.4. The third-order valence-electron chi connectivity index (χ3n) is 6.51. The molecule has 0 bridgehead atoms. The Labute approximate surface area is 187 Å². The Morgan fingerprint density at radius 2 is 2.03 bits per heavy atom. The molecule has 0 spiro atoms. The lowest BCUT2D eigenvalue weighted by Crippen LogP contribution is -2.35. The minimum Gasteiger partial charge on any atom is -0.487 e. The van der Waals surface area contributed by atoms with E-state index in [0.717, 1.165) is 24.2 Å². The second-order valence-corrected chi connectivity index (χ2v) is 8.71. The lowest BCUT2D eigenvalue weighted by atomic mass is 9.95. The fourth-order valence-corrected chi connectivity index (χ4v) is 4.76. The molecule has 0 amide bonds. The van der Waals surface area contributed by atoms with Crippen LogP contribution in [0.15, 0.2) is 24.7 Å². The molecule has 3 heterocycles. The summed E-state index contributed by atoms with van der Waals surface area (Å²) in [6, 6.07) is 2.01. The number of hydrogen-bond donors (Lipinski definition) is 4. The molecule has 2 aromatic heterocycles. The average Bonchev–Trinajstić information content (AvgIpc) is 3.25. The van der Waals surface area contributed by atoms with Crippen molar-refractivity contribution in [3.8, 4) is 5.75 Å². The number of halogens is 3. The maximum absolute atomic E-state index is 14.5. The maximum Gasteiger partial charge on any atom is 0.270 e. The molecule has 1 saturated carbocycles. The number of alkyl halides is 2. The molecule has 0 saturated heterocycles. The Morgan fingerprint density at radius 1 is 1.24 bits per heavy atom. The van der Waals surface area contributed by atoms with E-state index in [4.69, 9.17) is 10.5 Å². The van der Waals surface area contributed by atoms with Crippen LogP contribution in [0.4, 0.5) is 19.0 Å². The van der Waals surface area contributed by atoms with Crippen LogP contribution in [-0.4, -0.2) is 49.6 Å². The summed E-state index contributed by atoms with van der Waals surface area (Å²) in [5, 5.41) is 24.7. The predicted octanol–water partition coefficient (Wildman–Crippen LogP) is 2.02. The number of ether oxygens (including phenoxy) is 1. The van der Waals surface area contributed by atoms with Gasteiger partial charge in [0.05, 0.1) is 11.4 Å². The van der Waals surface area contributed by atoms with E-state index >= 15 is 0 Å². The summed E-state index contributed by atoms with van der Waals surface area (Å²) in [7, 11) is 0. The van der Waals surface area contributed by atoms with Crippen molar-refractivity contribution in [1.29, 1.82) is 0 Å². The highest BCUT2D eigenvalue weighted by Gasteiger charge is 2.45. The van der Waals surface area contributed by atoms with Gasteiger partial charge in [-0.2, -0.15) is 0 Å². The number of benzene rings is 1. The fourth-order valence-electron chi connectivity index (χ4n) is 4.76. The predicted molar refractivity (Wildman–Crippen MR) is 113 cm³/mol. The number of nitrogens with two attached hydrogens (primary N) is 1. The topological polar surface area (TPSA) is 118 Å². The Kier molecular flexibility index (Phi) is 5.22. The van der Waals surface area contributed by atoms with Crippen LogP contribution in [0.1, 0.15) is 36.1 Å². The SMILES string of the molecule is CC(F)(F)c1cc2c(c(O[C@H]3C[C@@H](n4cc(F)c5c(N)ncnc54)[C@H](O)[C@@H]3O)c1)CNCC2. The smallest absolute Gasteiger partial charge is 0.270 e. The number of nitrogens with one attached hydrogen (secondary N) is 1. The van der Waals surface area contributed by atoms with Crippen LogP contribution in [0.5, 0.6) is 5.75 Å². The van der Waals surface area contributed by atoms with E-state index in [-0.39, 0.29) is 34.6 Å². The van der Waals surface area contributed by atoms with Gasteiger partial charge >= 0.3 is 0 Å². The summed E-state index contributed by atoms with van der Waals surface area (Å²) in [6.45, 7) is 1.93. The molecule has 176 valence electrons. The van der Waals surface area contributed by atoms with Crippen molar-refractivity contribution in [2.75, 3.05) is 12.3 Å². The molecule has 5 N–H and O–H groups in total. The fraction of sp³-hybridized carbons (Fsp3) is 0.455. The van der Waals surface area contributed by atoms with Crippen LogP contribution >= 0.6 is 0 Å². The first-order chi connectivity index (χ1) is 15.6. The van der Waals surface area contributed by atoms with Gasteiger partial charge in [-0.3, -0.25) is 0 Å². The van der Waals surface area contributed by atoms with Crippen LogP contribution in [0.2, 0.25) is 0 Å². The molecule has 0 unspecified atom stereocenters. The second-order valence-electron chi connectivity index (χ2n) is 8.71. The summed E-state index contributed by atoms with van der Waals surface area (Å²) in [6.07, 6.45) is -0.512. The molecule has 0 radical (unpaired) electrons. The van der Waals surface area contributed by atoms with Crippen LogP contribution < -0.4 is 15.8 Å². The quantitative estimate of drug-likeness (QED) is 0.468. The molecule has 4 atom stereocenters. The van der Waals surface area contributed by atoms with Crippen molar-refractivity contribution in [3.63, 3.8) is 0 Å². The molecule has 5 rings (SSSR count). The Hall–Kier alpha value is -2.89. The third kappa shape index (κ3) is 3.69. The number of fused-ring (bicyclic) bond motifs is 2. The number of aromatic nitrogens is 3. The number of aliphatic hydroxyl groups excluding tert-OH is 2. The van der Waals surface area contributed by atoms with E-state index in [0.29, 0.717) is 19.5 Å². The largest absolute Gasteiger partial charge is 0.487 e. The first kappa shape index (κ1) is 21.9. The Balaban J connectivity index is 1.49. The van der Waals surface area contributed by atoms with Crippen LogP contribution in [-0.2, 0) is 18.9 Å². The molecular formula is C22H24F3N5O3. The van der Waals surface area contributed by atoms with Gasteiger partial charge in [0.25, 0.3) is 5.92 Å². The minimum atomic E-state index is -3.06. The number of nitrogens with zero attached hydrogens (tertiary/aromatic N) is 3. The zero-order valence-corrected chi connectivity index (χ0v) is 17.8. The van der Waals surface area contributed by atoms with Crippen molar-refractivity contribution in [2.45, 2.75) is 56.6 Å². The number of rotatable bonds is 4. The van der Waals surface area contributed by atoms with E-state index in [2.05, 4.69) is 15.3 Å². The number of anilines is 1. The molecule has 33 heavy (non-hydrogen) atoms. The highest BCUT2D eigenvalue weighted by molar-refractivity contribution is 5.86. The lowest BCUT2D eigenvalue weighted by Gasteiger charge is -2.26. The molecule has 8 nitrogen and oxygen atoms in total. The van der Waals surface area contributed by atoms with Gasteiger partial charge in [-0.1, -0.05) is 0 Å². The van der Waals surface area contributed by atoms with Crippen LogP contribution in [0, 0.1) is 5.82 Å². The minimum absolute atomic E-state index is 0.0292. The highest BCUT2D eigenvalue weighted by Crippen LogP contribution is 2.40. The summed E-state index contributed by atoms with van der Waals surface area (Å²) in [4.78, 5) is 7.87. The Morgan fingerprint density at radius 3 is 2.79 bits per heavy atom. The lowest BCUT2D eigenvalue weighted by molar-refractivity contribution is -0.0171. The Bertz CT molecular complexity index is 1210. The van der Waals surface area contributed by atoms with Crippen molar-refractivity contribution >= 4 is 16.9 Å². The molecular weight excluding hydrogens is 439 g/mol. The summed E-state index contributed by atoms with van der Waals surface area (Å²) >= 11 is 0. The monoisotopic (exact) mass is 463 g/mol. The van der Waals surface area contributed by atoms with Gasteiger partial charge in [-0.25, -0.2) is 23.1 Å². The van der Waals surface area contributed by atoms with Gasteiger partial charge in [-0.05, 0) is 30.7 Å². The van der Waals surface area contributed by atoms with Crippen molar-refractivity contribution < 1.29 is 28.1 Å². The zero-order valence-electron chi connectivity index (χ0n) is 17.8. The first-order valence-electron chi connectivity index (χ1n) is 10.7. The van der Waals surface area contributed by atoms with Gasteiger partial charge in [0.2, 0.25) is 0 Å². The van der Waals surface area contributed by atoms with Crippen LogP contribution in [0.3, 0.4) is 0 Å². The summed E-state index contributed by atoms with van der Waals surface area (Å²) in [5.41, 5.74) is 7.29. The molecule has 3 aromatic rings. The van der Waals surface area contributed by atoms with Gasteiger partial charge in [0, 0.05) is 37.2 Å². The molecule has 1 fully saturated rings. The van der Waals surface area contributed by atoms with Crippen molar-refractivity contribution in [1.82, 2.24) is 19.9 Å². The van der Waals surface area contributed by atoms with Gasteiger partial charge < -0.3 is 30.6 Å². The second kappa shape index (κ2) is 7.86. The third-order valence-corrected chi connectivity index (χ3v) is 6.51. The van der Waals surface area contributed by atoms with E-state index in [1.807, 2.05) is 0 Å².